The SMILES string of the molecule is CCOC(=O)Cn1c2c(c3cc(F)ccc31)C[C@@H](N(CCOc1ccc(C(F)(F)F)cc1)C(=O)CCc1ccccc1)CC2. The van der Waals surface area contributed by atoms with Gasteiger partial charge in [0.25, 0.3) is 0 Å². The van der Waals surface area contributed by atoms with E-state index in [2.05, 4.69) is 0 Å². The predicted octanol–water partition coefficient (Wildman–Crippen LogP) is 6.76. The molecule has 1 aromatic heterocycles. The van der Waals surface area contributed by atoms with Crippen LogP contribution in [-0.4, -0.2) is 47.1 Å². The van der Waals surface area contributed by atoms with E-state index in [1.54, 1.807) is 17.9 Å². The van der Waals surface area contributed by atoms with E-state index in [4.69, 9.17) is 9.47 Å². The number of aryl methyl sites for hydroxylation is 1. The van der Waals surface area contributed by atoms with E-state index in [-0.39, 0.29) is 56.4 Å². The van der Waals surface area contributed by atoms with Gasteiger partial charge in [0.05, 0.1) is 18.7 Å². The Hall–Kier alpha value is -4.34. The molecule has 1 heterocycles. The third kappa shape index (κ3) is 7.23. The van der Waals surface area contributed by atoms with E-state index < -0.39 is 17.6 Å². The molecule has 1 atom stereocenters. The Balaban J connectivity index is 1.37. The Morgan fingerprint density at radius 1 is 1.02 bits per heavy atom. The zero-order valence-corrected chi connectivity index (χ0v) is 24.4. The summed E-state index contributed by atoms with van der Waals surface area (Å²) < 4.78 is 66.1. The van der Waals surface area contributed by atoms with Crippen molar-refractivity contribution >= 4 is 22.8 Å². The number of alkyl halides is 3. The lowest BCUT2D eigenvalue weighted by Gasteiger charge is -2.35. The highest BCUT2D eigenvalue weighted by Crippen LogP contribution is 2.35. The molecule has 0 fully saturated rings. The van der Waals surface area contributed by atoms with Gasteiger partial charge in [0.15, 0.2) is 0 Å². The number of amides is 1. The highest BCUT2D eigenvalue weighted by molar-refractivity contribution is 5.87. The third-order valence-corrected chi connectivity index (χ3v) is 8.01. The Kier molecular flexibility index (Phi) is 9.56. The van der Waals surface area contributed by atoms with E-state index in [9.17, 15) is 27.2 Å². The van der Waals surface area contributed by atoms with Crippen molar-refractivity contribution in [2.75, 3.05) is 19.8 Å². The van der Waals surface area contributed by atoms with E-state index in [0.29, 0.717) is 31.1 Å². The minimum Gasteiger partial charge on any atom is -0.492 e. The number of rotatable bonds is 11. The van der Waals surface area contributed by atoms with Gasteiger partial charge in [-0.2, -0.15) is 13.2 Å². The average molecular weight is 611 g/mol. The van der Waals surface area contributed by atoms with Gasteiger partial charge in [-0.25, -0.2) is 4.39 Å². The molecule has 0 saturated heterocycles. The predicted molar refractivity (Wildman–Crippen MR) is 158 cm³/mol. The summed E-state index contributed by atoms with van der Waals surface area (Å²) in [4.78, 5) is 27.9. The fourth-order valence-electron chi connectivity index (χ4n) is 5.94. The van der Waals surface area contributed by atoms with Crippen LogP contribution in [0.25, 0.3) is 10.9 Å². The lowest BCUT2D eigenvalue weighted by Crippen LogP contribution is -2.45. The minimum absolute atomic E-state index is 0.0106. The Morgan fingerprint density at radius 2 is 1.77 bits per heavy atom. The number of hydrogen-bond acceptors (Lipinski definition) is 4. The first-order valence-electron chi connectivity index (χ1n) is 14.7. The van der Waals surface area contributed by atoms with Crippen LogP contribution in [0.1, 0.15) is 42.1 Å². The number of carbonyl (C=O) groups excluding carboxylic acids is 2. The minimum atomic E-state index is -4.44. The molecule has 3 aromatic carbocycles. The van der Waals surface area contributed by atoms with Crippen LogP contribution < -0.4 is 4.74 Å². The number of fused-ring (bicyclic) bond motifs is 3. The van der Waals surface area contributed by atoms with Crippen molar-refractivity contribution in [3.63, 3.8) is 0 Å². The van der Waals surface area contributed by atoms with Gasteiger partial charge >= 0.3 is 12.1 Å². The lowest BCUT2D eigenvalue weighted by atomic mass is 9.90. The molecule has 0 spiro atoms. The number of ether oxygens (including phenoxy) is 2. The molecule has 0 unspecified atom stereocenters. The molecule has 0 bridgehead atoms. The summed E-state index contributed by atoms with van der Waals surface area (Å²) in [6, 6.07) is 18.4. The Bertz CT molecular complexity index is 1600. The van der Waals surface area contributed by atoms with Gasteiger partial charge in [0.2, 0.25) is 5.91 Å². The maximum Gasteiger partial charge on any atom is 0.416 e. The number of carbonyl (C=O) groups is 2. The van der Waals surface area contributed by atoms with Gasteiger partial charge in [0, 0.05) is 29.1 Å². The molecule has 1 amide bonds. The van der Waals surface area contributed by atoms with E-state index >= 15 is 0 Å². The summed E-state index contributed by atoms with van der Waals surface area (Å²) in [6.45, 7) is 2.32. The van der Waals surface area contributed by atoms with Gasteiger partial charge in [-0.05, 0) is 86.2 Å². The van der Waals surface area contributed by atoms with Crippen LogP contribution in [0.4, 0.5) is 17.6 Å². The fourth-order valence-corrected chi connectivity index (χ4v) is 5.94. The monoisotopic (exact) mass is 610 g/mol. The fraction of sp³-hybridized carbons (Fsp3) is 0.353. The van der Waals surface area contributed by atoms with Crippen molar-refractivity contribution in [2.45, 2.75) is 57.8 Å². The number of esters is 1. The van der Waals surface area contributed by atoms with Crippen molar-refractivity contribution in [3.05, 3.63) is 101 Å². The van der Waals surface area contributed by atoms with Gasteiger partial charge < -0.3 is 18.9 Å². The number of benzene rings is 3. The highest BCUT2D eigenvalue weighted by Gasteiger charge is 2.32. The van der Waals surface area contributed by atoms with Crippen LogP contribution in [-0.2, 0) is 46.3 Å². The molecule has 232 valence electrons. The summed E-state index contributed by atoms with van der Waals surface area (Å²) in [5.41, 5.74) is 2.82. The first-order valence-corrected chi connectivity index (χ1v) is 14.7. The third-order valence-electron chi connectivity index (χ3n) is 8.01. The lowest BCUT2D eigenvalue weighted by molar-refractivity contribution is -0.143. The summed E-state index contributed by atoms with van der Waals surface area (Å²) in [6.07, 6.45) is -1.97. The molecule has 6 nitrogen and oxygen atoms in total. The van der Waals surface area contributed by atoms with Crippen molar-refractivity contribution in [1.29, 1.82) is 0 Å². The van der Waals surface area contributed by atoms with Gasteiger partial charge in [-0.3, -0.25) is 9.59 Å². The summed E-state index contributed by atoms with van der Waals surface area (Å²) in [5, 5.41) is 0.701. The maximum absolute atomic E-state index is 14.4. The van der Waals surface area contributed by atoms with Crippen LogP contribution in [0.3, 0.4) is 0 Å². The van der Waals surface area contributed by atoms with Crippen LogP contribution >= 0.6 is 0 Å². The number of halogens is 4. The number of aromatic nitrogens is 1. The van der Waals surface area contributed by atoms with Crippen molar-refractivity contribution in [3.8, 4) is 5.75 Å². The second-order valence-electron chi connectivity index (χ2n) is 10.8. The zero-order chi connectivity index (χ0) is 31.3. The largest absolute Gasteiger partial charge is 0.492 e. The molecule has 0 saturated carbocycles. The number of hydrogen-bond donors (Lipinski definition) is 0. The topological polar surface area (TPSA) is 60.8 Å². The van der Waals surface area contributed by atoms with E-state index in [0.717, 1.165) is 34.5 Å². The molecule has 44 heavy (non-hydrogen) atoms. The quantitative estimate of drug-likeness (QED) is 0.139. The smallest absolute Gasteiger partial charge is 0.416 e. The molecule has 1 aliphatic carbocycles. The van der Waals surface area contributed by atoms with E-state index in [1.807, 2.05) is 34.9 Å². The molecular formula is C34H34F4N2O4. The molecule has 10 heteroatoms. The van der Waals surface area contributed by atoms with Crippen molar-refractivity contribution in [2.24, 2.45) is 0 Å². The summed E-state index contributed by atoms with van der Waals surface area (Å²) >= 11 is 0. The molecule has 0 radical (unpaired) electrons. The van der Waals surface area contributed by atoms with Crippen molar-refractivity contribution < 1.29 is 36.6 Å². The van der Waals surface area contributed by atoms with Gasteiger partial charge in [-0.15, -0.1) is 0 Å². The molecule has 4 aromatic rings. The van der Waals surface area contributed by atoms with Crippen LogP contribution in [0.15, 0.2) is 72.8 Å². The number of nitrogens with zero attached hydrogens (tertiary/aromatic N) is 2. The zero-order valence-electron chi connectivity index (χ0n) is 24.4. The van der Waals surface area contributed by atoms with Gasteiger partial charge in [-0.1, -0.05) is 30.3 Å². The normalized spacial score (nSPS) is 14.7. The molecule has 1 aliphatic rings. The standard InChI is InChI=1S/C34H34F4N2O4/c1-2-43-33(42)22-40-30-15-11-25(35)20-28(30)29-21-26(12-16-31(29)40)39(32(41)17-8-23-6-4-3-5-7-23)18-19-44-27-13-9-24(10-14-27)34(36,37)38/h3-7,9-11,13-15,20,26H,2,8,12,16-19,21-22H2,1H3/t26-/m0/s1. The molecular weight excluding hydrogens is 576 g/mol. The van der Waals surface area contributed by atoms with E-state index in [1.165, 1.54) is 24.3 Å². The summed E-state index contributed by atoms with van der Waals surface area (Å²) in [7, 11) is 0. The molecule has 0 N–H and O–H groups in total. The second-order valence-corrected chi connectivity index (χ2v) is 10.8. The molecule has 5 rings (SSSR count). The first-order chi connectivity index (χ1) is 21.1. The van der Waals surface area contributed by atoms with Gasteiger partial charge in [0.1, 0.15) is 24.7 Å². The van der Waals surface area contributed by atoms with Crippen LogP contribution in [0.2, 0.25) is 0 Å². The Morgan fingerprint density at radius 3 is 2.48 bits per heavy atom. The molecule has 0 aliphatic heterocycles. The first kappa shape index (κ1) is 31.1. The second kappa shape index (κ2) is 13.5. The van der Waals surface area contributed by atoms with Crippen LogP contribution in [0.5, 0.6) is 5.75 Å². The van der Waals surface area contributed by atoms with Crippen LogP contribution in [0, 0.1) is 5.82 Å². The van der Waals surface area contributed by atoms with Crippen molar-refractivity contribution in [1.82, 2.24) is 9.47 Å². The maximum atomic E-state index is 14.4. The summed E-state index contributed by atoms with van der Waals surface area (Å²) in [5.74, 6) is -0.564. The average Bonchev–Trinajstić information content (AvgIpc) is 3.30. The Labute approximate surface area is 253 Å². The highest BCUT2D eigenvalue weighted by atomic mass is 19.4.